The third-order valence-electron chi connectivity index (χ3n) is 4.50. The van der Waals surface area contributed by atoms with Gasteiger partial charge in [0.1, 0.15) is 23.4 Å². The third-order valence-corrected chi connectivity index (χ3v) is 4.50. The van der Waals surface area contributed by atoms with Crippen molar-refractivity contribution in [1.29, 1.82) is 0 Å². The van der Waals surface area contributed by atoms with E-state index in [4.69, 9.17) is 14.6 Å². The first-order valence-corrected chi connectivity index (χ1v) is 9.13. The Morgan fingerprint density at radius 1 is 0.963 bits per heavy atom. The molecule has 6 heteroatoms. The third kappa shape index (κ3) is 7.12. The SMILES string of the molecule is Cl.O=C(O)CCCN1CCC(Oc2ccc(Oc3ccccc3)cc2)CC1. The molecule has 0 aromatic heterocycles. The molecule has 0 aliphatic carbocycles. The Hall–Kier alpha value is -2.24. The van der Waals surface area contributed by atoms with Crippen molar-refractivity contribution < 1.29 is 19.4 Å². The van der Waals surface area contributed by atoms with Crippen molar-refractivity contribution in [2.45, 2.75) is 31.8 Å². The molecule has 0 unspecified atom stereocenters. The Labute approximate surface area is 166 Å². The monoisotopic (exact) mass is 391 g/mol. The normalized spacial score (nSPS) is 15.0. The summed E-state index contributed by atoms with van der Waals surface area (Å²) in [4.78, 5) is 12.9. The van der Waals surface area contributed by atoms with Gasteiger partial charge in [0.05, 0.1) is 0 Å². The summed E-state index contributed by atoms with van der Waals surface area (Å²) in [6, 6.07) is 17.4. The number of rotatable bonds is 8. The number of ether oxygens (including phenoxy) is 2. The van der Waals surface area contributed by atoms with Crippen LogP contribution in [0.1, 0.15) is 25.7 Å². The van der Waals surface area contributed by atoms with E-state index in [0.29, 0.717) is 6.42 Å². The van der Waals surface area contributed by atoms with Crippen molar-refractivity contribution in [3.05, 3.63) is 54.6 Å². The molecule has 1 saturated heterocycles. The molecule has 0 saturated carbocycles. The zero-order valence-electron chi connectivity index (χ0n) is 15.3. The quantitative estimate of drug-likeness (QED) is 0.712. The number of carboxylic acid groups (broad SMARTS) is 1. The van der Waals surface area contributed by atoms with Crippen LogP contribution < -0.4 is 9.47 Å². The number of carboxylic acids is 1. The maximum absolute atomic E-state index is 10.6. The summed E-state index contributed by atoms with van der Waals surface area (Å²) in [6.45, 7) is 2.77. The largest absolute Gasteiger partial charge is 0.490 e. The molecule has 0 radical (unpaired) electrons. The van der Waals surface area contributed by atoms with Crippen LogP contribution in [0.4, 0.5) is 0 Å². The van der Waals surface area contributed by atoms with Crippen LogP contribution in [0.25, 0.3) is 0 Å². The number of hydrogen-bond acceptors (Lipinski definition) is 4. The first kappa shape index (κ1) is 21.1. The Bertz CT molecular complexity index is 685. The lowest BCUT2D eigenvalue weighted by Crippen LogP contribution is -2.38. The molecule has 0 spiro atoms. The molecule has 27 heavy (non-hydrogen) atoms. The van der Waals surface area contributed by atoms with Gasteiger partial charge in [-0.05, 0) is 62.2 Å². The smallest absolute Gasteiger partial charge is 0.303 e. The fraction of sp³-hybridized carbons (Fsp3) is 0.381. The van der Waals surface area contributed by atoms with Crippen LogP contribution in [0.2, 0.25) is 0 Å². The first-order valence-electron chi connectivity index (χ1n) is 9.13. The number of likely N-dealkylation sites (tertiary alicyclic amines) is 1. The topological polar surface area (TPSA) is 59.0 Å². The van der Waals surface area contributed by atoms with E-state index in [1.807, 2.05) is 54.6 Å². The first-order chi connectivity index (χ1) is 12.7. The van der Waals surface area contributed by atoms with Gasteiger partial charge in [0, 0.05) is 19.5 Å². The van der Waals surface area contributed by atoms with Crippen LogP contribution in [0.3, 0.4) is 0 Å². The van der Waals surface area contributed by atoms with Gasteiger partial charge in [-0.15, -0.1) is 12.4 Å². The predicted molar refractivity (Wildman–Crippen MR) is 107 cm³/mol. The van der Waals surface area contributed by atoms with Gasteiger partial charge in [-0.2, -0.15) is 0 Å². The van der Waals surface area contributed by atoms with Crippen molar-refractivity contribution in [3.63, 3.8) is 0 Å². The minimum atomic E-state index is -0.720. The zero-order valence-corrected chi connectivity index (χ0v) is 16.1. The molecule has 0 atom stereocenters. The lowest BCUT2D eigenvalue weighted by molar-refractivity contribution is -0.137. The summed E-state index contributed by atoms with van der Waals surface area (Å²) in [5.41, 5.74) is 0. The van der Waals surface area contributed by atoms with Gasteiger partial charge in [-0.25, -0.2) is 0 Å². The minimum Gasteiger partial charge on any atom is -0.490 e. The van der Waals surface area contributed by atoms with Gasteiger partial charge in [-0.1, -0.05) is 18.2 Å². The van der Waals surface area contributed by atoms with Gasteiger partial charge in [-0.3, -0.25) is 4.79 Å². The molecular weight excluding hydrogens is 366 g/mol. The maximum atomic E-state index is 10.6. The highest BCUT2D eigenvalue weighted by Crippen LogP contribution is 2.25. The van der Waals surface area contributed by atoms with Gasteiger partial charge in [0.2, 0.25) is 0 Å². The number of nitrogens with zero attached hydrogens (tertiary/aromatic N) is 1. The highest BCUT2D eigenvalue weighted by molar-refractivity contribution is 5.85. The van der Waals surface area contributed by atoms with Crippen molar-refractivity contribution in [1.82, 2.24) is 4.90 Å². The van der Waals surface area contributed by atoms with Gasteiger partial charge in [0.25, 0.3) is 0 Å². The van der Waals surface area contributed by atoms with E-state index >= 15 is 0 Å². The maximum Gasteiger partial charge on any atom is 0.303 e. The van der Waals surface area contributed by atoms with Crippen LogP contribution in [0.5, 0.6) is 17.2 Å². The van der Waals surface area contributed by atoms with E-state index in [1.54, 1.807) is 0 Å². The summed E-state index contributed by atoms with van der Waals surface area (Å²) in [5.74, 6) is 1.74. The average Bonchev–Trinajstić information content (AvgIpc) is 2.65. The lowest BCUT2D eigenvalue weighted by Gasteiger charge is -2.32. The number of carbonyl (C=O) groups is 1. The summed E-state index contributed by atoms with van der Waals surface area (Å²) >= 11 is 0. The second kappa shape index (κ2) is 10.8. The van der Waals surface area contributed by atoms with Crippen LogP contribution in [0, 0.1) is 0 Å². The van der Waals surface area contributed by atoms with Crippen molar-refractivity contribution in [2.24, 2.45) is 0 Å². The average molecular weight is 392 g/mol. The number of benzene rings is 2. The predicted octanol–water partition coefficient (Wildman–Crippen LogP) is 4.61. The van der Waals surface area contributed by atoms with E-state index in [2.05, 4.69) is 4.90 Å². The lowest BCUT2D eigenvalue weighted by atomic mass is 10.1. The molecule has 1 aliphatic rings. The summed E-state index contributed by atoms with van der Waals surface area (Å²) in [5, 5.41) is 8.70. The molecule has 1 fully saturated rings. The second-order valence-electron chi connectivity index (χ2n) is 6.54. The van der Waals surface area contributed by atoms with E-state index < -0.39 is 5.97 Å². The Morgan fingerprint density at radius 2 is 1.56 bits per heavy atom. The molecule has 5 nitrogen and oxygen atoms in total. The fourth-order valence-electron chi connectivity index (χ4n) is 3.11. The number of hydrogen-bond donors (Lipinski definition) is 1. The Kier molecular flexibility index (Phi) is 8.43. The molecule has 1 aliphatic heterocycles. The van der Waals surface area contributed by atoms with Crippen LogP contribution in [-0.2, 0) is 4.79 Å². The van der Waals surface area contributed by atoms with Crippen LogP contribution in [-0.4, -0.2) is 41.7 Å². The molecule has 1 N–H and O–H groups in total. The summed E-state index contributed by atoms with van der Waals surface area (Å²) in [6.07, 6.45) is 3.11. The molecule has 2 aromatic rings. The standard InChI is InChI=1S/C21H25NO4.ClH/c23-21(24)7-4-14-22-15-12-20(13-16-22)26-19-10-8-18(9-11-19)25-17-5-2-1-3-6-17;/h1-3,5-6,8-11,20H,4,7,12-16H2,(H,23,24);1H. The van der Waals surface area contributed by atoms with Crippen molar-refractivity contribution in [2.75, 3.05) is 19.6 Å². The summed E-state index contributed by atoms with van der Waals surface area (Å²) < 4.78 is 11.9. The van der Waals surface area contributed by atoms with Gasteiger partial charge >= 0.3 is 5.97 Å². The highest BCUT2D eigenvalue weighted by Gasteiger charge is 2.20. The molecular formula is C21H26ClNO4. The molecule has 0 amide bonds. The van der Waals surface area contributed by atoms with Gasteiger partial charge < -0.3 is 19.5 Å². The van der Waals surface area contributed by atoms with Crippen molar-refractivity contribution >= 4 is 18.4 Å². The molecule has 146 valence electrons. The van der Waals surface area contributed by atoms with Crippen LogP contribution >= 0.6 is 12.4 Å². The van der Waals surface area contributed by atoms with E-state index in [-0.39, 0.29) is 24.9 Å². The van der Waals surface area contributed by atoms with Crippen LogP contribution in [0.15, 0.2) is 54.6 Å². The van der Waals surface area contributed by atoms with E-state index in [9.17, 15) is 4.79 Å². The molecule has 0 bridgehead atoms. The Morgan fingerprint density at radius 3 is 2.19 bits per heavy atom. The number of aliphatic carboxylic acids is 1. The Balaban J connectivity index is 0.00000261. The summed E-state index contributed by atoms with van der Waals surface area (Å²) in [7, 11) is 0. The van der Waals surface area contributed by atoms with E-state index in [1.165, 1.54) is 0 Å². The van der Waals surface area contributed by atoms with Crippen molar-refractivity contribution in [3.8, 4) is 17.2 Å². The molecule has 2 aromatic carbocycles. The number of halogens is 1. The second-order valence-corrected chi connectivity index (χ2v) is 6.54. The van der Waals surface area contributed by atoms with E-state index in [0.717, 1.165) is 49.7 Å². The molecule has 1 heterocycles. The minimum absolute atomic E-state index is 0. The molecule has 3 rings (SSSR count). The number of para-hydroxylation sites is 1. The fourth-order valence-corrected chi connectivity index (χ4v) is 3.11. The number of piperidine rings is 1. The van der Waals surface area contributed by atoms with Gasteiger partial charge in [0.15, 0.2) is 0 Å². The zero-order chi connectivity index (χ0) is 18.2. The highest BCUT2D eigenvalue weighted by atomic mass is 35.5.